The molecule has 0 atom stereocenters. The van der Waals surface area contributed by atoms with Crippen molar-refractivity contribution in [2.75, 3.05) is 7.11 Å². The summed E-state index contributed by atoms with van der Waals surface area (Å²) in [5.41, 5.74) is 6.09. The highest BCUT2D eigenvalue weighted by atomic mass is 32.2. The zero-order valence-electron chi connectivity index (χ0n) is 10.8. The molecule has 2 rings (SSSR count). The molecule has 0 aliphatic heterocycles. The number of carbonyl (C=O) groups is 1. The Balaban J connectivity index is 2.62. The molecule has 0 spiro atoms. The Hall–Kier alpha value is -2.21. The number of nitrogens with one attached hydrogen (secondary N) is 1. The van der Waals surface area contributed by atoms with Crippen LogP contribution in [0, 0.1) is 5.41 Å². The molecular weight excluding hydrogens is 276 g/mol. The molecule has 104 valence electrons. The highest BCUT2D eigenvalue weighted by Crippen LogP contribution is 2.33. The summed E-state index contributed by atoms with van der Waals surface area (Å²) >= 11 is 1.07. The van der Waals surface area contributed by atoms with Gasteiger partial charge in [0.1, 0.15) is 5.75 Å². The molecule has 2 aromatic carbocycles. The van der Waals surface area contributed by atoms with Gasteiger partial charge in [0.15, 0.2) is 5.17 Å². The lowest BCUT2D eigenvalue weighted by molar-refractivity contribution is -0.136. The van der Waals surface area contributed by atoms with E-state index in [-0.39, 0.29) is 11.6 Å². The van der Waals surface area contributed by atoms with Crippen molar-refractivity contribution in [1.29, 1.82) is 5.41 Å². The van der Waals surface area contributed by atoms with E-state index in [0.717, 1.165) is 28.3 Å². The highest BCUT2D eigenvalue weighted by Gasteiger charge is 2.13. The molecule has 2 aromatic rings. The van der Waals surface area contributed by atoms with Crippen molar-refractivity contribution in [2.45, 2.75) is 11.3 Å². The number of methoxy groups -OCH3 is 1. The average Bonchev–Trinajstić information content (AvgIpc) is 2.39. The number of benzene rings is 2. The number of thioether (sulfide) groups is 1. The SMILES string of the molecule is COc1ccc2c(SC(=N)N)c(CC(=O)O)ccc2c1. The maximum atomic E-state index is 10.9. The molecule has 0 aliphatic carbocycles. The van der Waals surface area contributed by atoms with Crippen LogP contribution < -0.4 is 10.5 Å². The van der Waals surface area contributed by atoms with Crippen molar-refractivity contribution in [1.82, 2.24) is 0 Å². The van der Waals surface area contributed by atoms with Crippen LogP contribution >= 0.6 is 11.8 Å². The molecule has 0 aromatic heterocycles. The van der Waals surface area contributed by atoms with Gasteiger partial charge < -0.3 is 15.6 Å². The Morgan fingerprint density at radius 3 is 2.75 bits per heavy atom. The Bertz CT molecular complexity index is 685. The molecule has 20 heavy (non-hydrogen) atoms. The second kappa shape index (κ2) is 5.83. The van der Waals surface area contributed by atoms with Crippen LogP contribution in [0.3, 0.4) is 0 Å². The quantitative estimate of drug-likeness (QED) is 0.456. The van der Waals surface area contributed by atoms with Crippen molar-refractivity contribution in [3.8, 4) is 5.75 Å². The van der Waals surface area contributed by atoms with Crippen molar-refractivity contribution >= 4 is 33.7 Å². The van der Waals surface area contributed by atoms with E-state index < -0.39 is 5.97 Å². The summed E-state index contributed by atoms with van der Waals surface area (Å²) in [4.78, 5) is 11.6. The predicted molar refractivity (Wildman–Crippen MR) is 79.6 cm³/mol. The van der Waals surface area contributed by atoms with Gasteiger partial charge in [-0.25, -0.2) is 0 Å². The Labute approximate surface area is 120 Å². The van der Waals surface area contributed by atoms with Gasteiger partial charge in [-0.3, -0.25) is 10.2 Å². The molecule has 0 saturated carbocycles. The Morgan fingerprint density at radius 1 is 1.40 bits per heavy atom. The minimum Gasteiger partial charge on any atom is -0.497 e. The second-order valence-corrected chi connectivity index (χ2v) is 5.23. The van der Waals surface area contributed by atoms with Gasteiger partial charge in [-0.1, -0.05) is 23.9 Å². The van der Waals surface area contributed by atoms with Gasteiger partial charge in [-0.2, -0.15) is 0 Å². The number of fused-ring (bicyclic) bond motifs is 1. The molecule has 0 fully saturated rings. The van der Waals surface area contributed by atoms with Gasteiger partial charge in [-0.15, -0.1) is 0 Å². The molecule has 0 aliphatic rings. The third kappa shape index (κ3) is 3.03. The van der Waals surface area contributed by atoms with E-state index in [1.54, 1.807) is 19.2 Å². The zero-order chi connectivity index (χ0) is 14.7. The molecule has 0 radical (unpaired) electrons. The molecule has 0 unspecified atom stereocenters. The minimum atomic E-state index is -0.914. The first-order valence-corrected chi connectivity index (χ1v) is 6.66. The van der Waals surface area contributed by atoms with Crippen LogP contribution in [0.2, 0.25) is 0 Å². The van der Waals surface area contributed by atoms with Crippen LogP contribution in [0.15, 0.2) is 35.2 Å². The number of carboxylic acid groups (broad SMARTS) is 1. The number of nitrogens with two attached hydrogens (primary N) is 1. The van der Waals surface area contributed by atoms with Gasteiger partial charge in [0, 0.05) is 4.90 Å². The average molecular weight is 290 g/mol. The lowest BCUT2D eigenvalue weighted by Crippen LogP contribution is -2.07. The summed E-state index contributed by atoms with van der Waals surface area (Å²) in [5, 5.41) is 18.1. The number of aliphatic carboxylic acids is 1. The summed E-state index contributed by atoms with van der Waals surface area (Å²) in [6.07, 6.45) is -0.0996. The third-order valence-corrected chi connectivity index (χ3v) is 3.72. The monoisotopic (exact) mass is 290 g/mol. The summed E-state index contributed by atoms with van der Waals surface area (Å²) in [6.45, 7) is 0. The zero-order valence-corrected chi connectivity index (χ0v) is 11.7. The maximum Gasteiger partial charge on any atom is 0.307 e. The lowest BCUT2D eigenvalue weighted by atomic mass is 10.0. The first-order valence-electron chi connectivity index (χ1n) is 5.84. The number of carboxylic acids is 1. The number of ether oxygens (including phenoxy) is 1. The topological polar surface area (TPSA) is 96.4 Å². The number of amidine groups is 1. The molecular formula is C14H14N2O3S. The van der Waals surface area contributed by atoms with Gasteiger partial charge in [0.2, 0.25) is 0 Å². The fraction of sp³-hybridized carbons (Fsp3) is 0.143. The first-order chi connectivity index (χ1) is 9.51. The van der Waals surface area contributed by atoms with Crippen molar-refractivity contribution in [3.05, 3.63) is 35.9 Å². The summed E-state index contributed by atoms with van der Waals surface area (Å²) in [7, 11) is 1.59. The second-order valence-electron chi connectivity index (χ2n) is 4.18. The van der Waals surface area contributed by atoms with E-state index in [0.29, 0.717) is 10.5 Å². The standard InChI is InChI=1S/C14H14N2O3S/c1-19-10-4-5-11-8(6-10)2-3-9(7-12(17)18)13(11)20-14(15)16/h2-6H,7H2,1H3,(H3,15,16)(H,17,18). The number of hydrogen-bond donors (Lipinski definition) is 3. The van der Waals surface area contributed by atoms with E-state index >= 15 is 0 Å². The molecule has 0 amide bonds. The molecule has 5 nitrogen and oxygen atoms in total. The molecule has 0 bridgehead atoms. The van der Waals surface area contributed by atoms with E-state index in [1.165, 1.54) is 0 Å². The van der Waals surface area contributed by atoms with Crippen molar-refractivity contribution in [2.24, 2.45) is 5.73 Å². The predicted octanol–water partition coefficient (Wildman–Crippen LogP) is 2.46. The van der Waals surface area contributed by atoms with Crippen molar-refractivity contribution in [3.63, 3.8) is 0 Å². The Kier molecular flexibility index (Phi) is 4.14. The fourth-order valence-corrected chi connectivity index (χ4v) is 2.77. The molecule has 0 heterocycles. The highest BCUT2D eigenvalue weighted by molar-refractivity contribution is 8.13. The van der Waals surface area contributed by atoms with Gasteiger partial charge >= 0.3 is 5.97 Å². The summed E-state index contributed by atoms with van der Waals surface area (Å²) in [5.74, 6) is -0.189. The number of hydrogen-bond acceptors (Lipinski definition) is 4. The molecule has 0 saturated heterocycles. The minimum absolute atomic E-state index is 0.0695. The van der Waals surface area contributed by atoms with Crippen LogP contribution in [0.25, 0.3) is 10.8 Å². The fourth-order valence-electron chi connectivity index (χ4n) is 1.98. The van der Waals surface area contributed by atoms with Crippen molar-refractivity contribution < 1.29 is 14.6 Å². The lowest BCUT2D eigenvalue weighted by Gasteiger charge is -2.11. The Morgan fingerprint density at radius 2 is 2.15 bits per heavy atom. The van der Waals surface area contributed by atoms with E-state index in [9.17, 15) is 4.79 Å². The summed E-state index contributed by atoms with van der Waals surface area (Å²) in [6, 6.07) is 9.12. The van der Waals surface area contributed by atoms with Gasteiger partial charge in [-0.05, 0) is 34.5 Å². The van der Waals surface area contributed by atoms with Crippen LogP contribution in [-0.4, -0.2) is 23.4 Å². The normalized spacial score (nSPS) is 10.4. The van der Waals surface area contributed by atoms with Gasteiger partial charge in [0.25, 0.3) is 0 Å². The first kappa shape index (κ1) is 14.2. The van der Waals surface area contributed by atoms with Crippen LogP contribution in [0.4, 0.5) is 0 Å². The largest absolute Gasteiger partial charge is 0.497 e. The van der Waals surface area contributed by atoms with Crippen LogP contribution in [0.5, 0.6) is 5.75 Å². The summed E-state index contributed by atoms with van der Waals surface area (Å²) < 4.78 is 5.17. The third-order valence-electron chi connectivity index (χ3n) is 2.81. The molecule has 6 heteroatoms. The molecule has 4 N–H and O–H groups in total. The van der Waals surface area contributed by atoms with Gasteiger partial charge in [0.05, 0.1) is 13.5 Å². The van der Waals surface area contributed by atoms with E-state index in [1.807, 2.05) is 18.2 Å². The van der Waals surface area contributed by atoms with Crippen LogP contribution in [-0.2, 0) is 11.2 Å². The smallest absolute Gasteiger partial charge is 0.307 e. The van der Waals surface area contributed by atoms with Crippen LogP contribution in [0.1, 0.15) is 5.56 Å². The van der Waals surface area contributed by atoms with E-state index in [2.05, 4.69) is 0 Å². The number of rotatable bonds is 4. The maximum absolute atomic E-state index is 10.9. The van der Waals surface area contributed by atoms with E-state index in [4.69, 9.17) is 21.0 Å².